The first-order valence-corrected chi connectivity index (χ1v) is 5.96. The third-order valence-electron chi connectivity index (χ3n) is 2.10. The number of hydrogen-bond acceptors (Lipinski definition) is 4. The fraction of sp³-hybridized carbons (Fsp3) is 0.500. The minimum Gasteiger partial charge on any atom is -0.488 e. The van der Waals surface area contributed by atoms with Crippen LogP contribution < -0.4 is 10.5 Å². The molecule has 1 aromatic heterocycles. The summed E-state index contributed by atoms with van der Waals surface area (Å²) in [6.45, 7) is 0.483. The number of ether oxygens (including phenoxy) is 1. The molecule has 14 heavy (non-hydrogen) atoms. The number of nitrogens with zero attached hydrogens (tertiary/aromatic N) is 1. The summed E-state index contributed by atoms with van der Waals surface area (Å²) in [5.74, 6) is 0.900. The van der Waals surface area contributed by atoms with Crippen molar-refractivity contribution in [2.24, 2.45) is 5.73 Å². The third-order valence-corrected chi connectivity index (χ3v) is 2.78. The van der Waals surface area contributed by atoms with Crippen molar-refractivity contribution in [1.29, 1.82) is 0 Å². The maximum atomic E-state index is 5.72. The van der Waals surface area contributed by atoms with E-state index in [0.29, 0.717) is 12.6 Å². The van der Waals surface area contributed by atoms with Gasteiger partial charge in [0.2, 0.25) is 0 Å². The molecule has 76 valence electrons. The summed E-state index contributed by atoms with van der Waals surface area (Å²) in [6, 6.07) is 3.90. The zero-order valence-corrected chi connectivity index (χ0v) is 9.01. The molecular formula is C10H14N2OS. The Labute approximate surface area is 88.0 Å². The molecule has 1 heterocycles. The first kappa shape index (κ1) is 9.80. The summed E-state index contributed by atoms with van der Waals surface area (Å²) in [4.78, 5) is 4.40. The molecule has 1 saturated carbocycles. The second-order valence-electron chi connectivity index (χ2n) is 3.33. The topological polar surface area (TPSA) is 48.1 Å². The molecule has 0 unspecified atom stereocenters. The Morgan fingerprint density at radius 2 is 2.36 bits per heavy atom. The summed E-state index contributed by atoms with van der Waals surface area (Å²) >= 11 is 1.60. The maximum absolute atomic E-state index is 5.72. The van der Waals surface area contributed by atoms with Crippen LogP contribution in [0.2, 0.25) is 0 Å². The van der Waals surface area contributed by atoms with Crippen LogP contribution in [0.25, 0.3) is 0 Å². The van der Waals surface area contributed by atoms with Gasteiger partial charge in [-0.15, -0.1) is 11.8 Å². The Balaban J connectivity index is 2.19. The van der Waals surface area contributed by atoms with Crippen LogP contribution in [0.5, 0.6) is 5.75 Å². The van der Waals surface area contributed by atoms with Crippen molar-refractivity contribution in [3.63, 3.8) is 0 Å². The first-order valence-electron chi connectivity index (χ1n) is 4.74. The monoisotopic (exact) mass is 210 g/mol. The second kappa shape index (κ2) is 4.19. The molecule has 0 saturated heterocycles. The molecular weight excluding hydrogens is 196 g/mol. The lowest BCUT2D eigenvalue weighted by Gasteiger charge is -2.09. The molecule has 1 aromatic rings. The molecule has 2 rings (SSSR count). The van der Waals surface area contributed by atoms with Crippen LogP contribution in [0.4, 0.5) is 0 Å². The van der Waals surface area contributed by atoms with Crippen LogP contribution in [-0.4, -0.2) is 17.3 Å². The Morgan fingerprint density at radius 3 is 2.93 bits per heavy atom. The highest BCUT2D eigenvalue weighted by Crippen LogP contribution is 2.32. The fourth-order valence-corrected chi connectivity index (χ4v) is 1.71. The zero-order chi connectivity index (χ0) is 9.97. The van der Waals surface area contributed by atoms with Crippen LogP contribution >= 0.6 is 11.8 Å². The van der Waals surface area contributed by atoms with Gasteiger partial charge in [-0.1, -0.05) is 0 Å². The molecule has 4 heteroatoms. The van der Waals surface area contributed by atoms with Gasteiger partial charge in [0.15, 0.2) is 5.75 Å². The number of thioether (sulfide) groups is 1. The van der Waals surface area contributed by atoms with Crippen LogP contribution in [-0.2, 0) is 6.54 Å². The number of aromatic nitrogens is 1. The van der Waals surface area contributed by atoms with E-state index in [9.17, 15) is 0 Å². The lowest BCUT2D eigenvalue weighted by Crippen LogP contribution is -2.03. The van der Waals surface area contributed by atoms with Gasteiger partial charge in [-0.25, -0.2) is 4.98 Å². The minimum atomic E-state index is 0.423. The predicted molar refractivity (Wildman–Crippen MR) is 57.6 cm³/mol. The molecule has 0 aliphatic heterocycles. The summed E-state index contributed by atoms with van der Waals surface area (Å²) < 4.78 is 5.72. The number of nitrogens with two attached hydrogens (primary N) is 1. The fourth-order valence-electron chi connectivity index (χ4n) is 1.18. The minimum absolute atomic E-state index is 0.423. The van der Waals surface area contributed by atoms with Crippen LogP contribution in [0.1, 0.15) is 18.5 Å². The molecule has 0 amide bonds. The molecule has 0 spiro atoms. The maximum Gasteiger partial charge on any atom is 0.151 e. The van der Waals surface area contributed by atoms with Gasteiger partial charge in [-0.05, 0) is 31.2 Å². The van der Waals surface area contributed by atoms with Crippen molar-refractivity contribution >= 4 is 11.8 Å². The predicted octanol–water partition coefficient (Wildman–Crippen LogP) is 1.80. The molecule has 2 N–H and O–H groups in total. The number of hydrogen-bond donors (Lipinski definition) is 1. The van der Waals surface area contributed by atoms with E-state index in [4.69, 9.17) is 10.5 Å². The van der Waals surface area contributed by atoms with Gasteiger partial charge in [-0.3, -0.25) is 0 Å². The highest BCUT2D eigenvalue weighted by molar-refractivity contribution is 7.98. The van der Waals surface area contributed by atoms with E-state index >= 15 is 0 Å². The third kappa shape index (κ3) is 2.19. The van der Waals surface area contributed by atoms with Gasteiger partial charge in [0.1, 0.15) is 5.03 Å². The van der Waals surface area contributed by atoms with Crippen molar-refractivity contribution in [3.05, 3.63) is 17.8 Å². The Morgan fingerprint density at radius 1 is 1.57 bits per heavy atom. The molecule has 0 radical (unpaired) electrons. The van der Waals surface area contributed by atoms with Crippen molar-refractivity contribution in [1.82, 2.24) is 4.98 Å². The smallest absolute Gasteiger partial charge is 0.151 e. The van der Waals surface area contributed by atoms with Gasteiger partial charge in [0.25, 0.3) is 0 Å². The normalized spacial score (nSPS) is 15.6. The van der Waals surface area contributed by atoms with Gasteiger partial charge in [0, 0.05) is 6.54 Å². The van der Waals surface area contributed by atoms with E-state index < -0.39 is 0 Å². The number of pyridine rings is 1. The van der Waals surface area contributed by atoms with E-state index in [2.05, 4.69) is 4.98 Å². The quantitative estimate of drug-likeness (QED) is 0.770. The average Bonchev–Trinajstić information content (AvgIpc) is 3.02. The summed E-state index contributed by atoms with van der Waals surface area (Å²) in [6.07, 6.45) is 4.77. The molecule has 1 fully saturated rings. The molecule has 1 aliphatic carbocycles. The summed E-state index contributed by atoms with van der Waals surface area (Å²) in [5.41, 5.74) is 6.44. The lowest BCUT2D eigenvalue weighted by molar-refractivity contribution is 0.293. The van der Waals surface area contributed by atoms with Crippen LogP contribution in [0.15, 0.2) is 17.2 Å². The van der Waals surface area contributed by atoms with Crippen molar-refractivity contribution < 1.29 is 4.74 Å². The van der Waals surface area contributed by atoms with Gasteiger partial charge >= 0.3 is 0 Å². The standard InChI is InChI=1S/C10H14N2OS/c1-14-10-9(13-8-3-4-8)5-2-7(6-11)12-10/h2,5,8H,3-4,6,11H2,1H3. The molecule has 0 atom stereocenters. The van der Waals surface area contributed by atoms with Crippen LogP contribution in [0.3, 0.4) is 0 Å². The Bertz CT molecular complexity index is 326. The van der Waals surface area contributed by atoms with E-state index in [1.807, 2.05) is 18.4 Å². The highest BCUT2D eigenvalue weighted by atomic mass is 32.2. The zero-order valence-electron chi connectivity index (χ0n) is 8.19. The van der Waals surface area contributed by atoms with E-state index in [-0.39, 0.29) is 0 Å². The van der Waals surface area contributed by atoms with Gasteiger partial charge in [-0.2, -0.15) is 0 Å². The average molecular weight is 210 g/mol. The molecule has 0 bridgehead atoms. The van der Waals surface area contributed by atoms with Crippen molar-refractivity contribution in [3.8, 4) is 5.75 Å². The lowest BCUT2D eigenvalue weighted by atomic mass is 10.3. The summed E-state index contributed by atoms with van der Waals surface area (Å²) in [7, 11) is 0. The van der Waals surface area contributed by atoms with E-state index in [0.717, 1.165) is 16.5 Å². The molecule has 1 aliphatic rings. The Kier molecular flexibility index (Phi) is 2.93. The largest absolute Gasteiger partial charge is 0.488 e. The molecule has 0 aromatic carbocycles. The molecule has 3 nitrogen and oxygen atoms in total. The van der Waals surface area contributed by atoms with E-state index in [1.54, 1.807) is 11.8 Å². The highest BCUT2D eigenvalue weighted by Gasteiger charge is 2.24. The second-order valence-corrected chi connectivity index (χ2v) is 4.13. The van der Waals surface area contributed by atoms with Crippen molar-refractivity contribution in [2.45, 2.75) is 30.5 Å². The van der Waals surface area contributed by atoms with E-state index in [1.165, 1.54) is 12.8 Å². The van der Waals surface area contributed by atoms with Gasteiger partial charge < -0.3 is 10.5 Å². The summed E-state index contributed by atoms with van der Waals surface area (Å²) in [5, 5.41) is 0.944. The first-order chi connectivity index (χ1) is 6.83. The Hall–Kier alpha value is -0.740. The van der Waals surface area contributed by atoms with Gasteiger partial charge in [0.05, 0.1) is 11.8 Å². The number of rotatable bonds is 4. The SMILES string of the molecule is CSc1nc(CN)ccc1OC1CC1. The van der Waals surface area contributed by atoms with Crippen molar-refractivity contribution in [2.75, 3.05) is 6.26 Å². The van der Waals surface area contributed by atoms with Crippen LogP contribution in [0, 0.1) is 0 Å².